The number of nitrogens with one attached hydrogen (secondary N) is 1. The zero-order valence-corrected chi connectivity index (χ0v) is 16.7. The lowest BCUT2D eigenvalue weighted by molar-refractivity contribution is -0.116. The topological polar surface area (TPSA) is 81.8 Å². The second-order valence-corrected chi connectivity index (χ2v) is 6.92. The Bertz CT molecular complexity index is 1060. The fourth-order valence-corrected chi connectivity index (χ4v) is 3.11. The van der Waals surface area contributed by atoms with Crippen LogP contribution in [0, 0.1) is 20.8 Å². The lowest BCUT2D eigenvalue weighted by Gasteiger charge is -2.15. The molecule has 2 heterocycles. The fraction of sp³-hybridized carbons (Fsp3) is 0.333. The van der Waals surface area contributed by atoms with Gasteiger partial charge in [0.25, 0.3) is 5.56 Å². The summed E-state index contributed by atoms with van der Waals surface area (Å²) < 4.78 is 2.99. The van der Waals surface area contributed by atoms with Crippen molar-refractivity contribution in [1.29, 1.82) is 0 Å². The third-order valence-corrected chi connectivity index (χ3v) is 4.47. The zero-order chi connectivity index (χ0) is 20.3. The number of nitrogens with zero attached hydrogens (tertiary/aromatic N) is 4. The predicted molar refractivity (Wildman–Crippen MR) is 109 cm³/mol. The molecule has 1 aromatic carbocycles. The summed E-state index contributed by atoms with van der Waals surface area (Å²) in [5, 5.41) is 7.32. The van der Waals surface area contributed by atoms with Gasteiger partial charge in [0.1, 0.15) is 6.54 Å². The second kappa shape index (κ2) is 8.21. The van der Waals surface area contributed by atoms with Crippen molar-refractivity contribution in [2.45, 2.75) is 47.1 Å². The smallest absolute Gasteiger partial charge is 0.255 e. The molecule has 0 saturated heterocycles. The summed E-state index contributed by atoms with van der Waals surface area (Å²) in [6, 6.07) is 10.9. The molecule has 0 bridgehead atoms. The average molecular weight is 379 g/mol. The summed E-state index contributed by atoms with van der Waals surface area (Å²) in [7, 11) is 0. The third-order valence-electron chi connectivity index (χ3n) is 4.47. The van der Waals surface area contributed by atoms with Gasteiger partial charge in [0.15, 0.2) is 0 Å². The van der Waals surface area contributed by atoms with Crippen LogP contribution in [0.25, 0.3) is 5.95 Å². The molecule has 2 aromatic heterocycles. The van der Waals surface area contributed by atoms with Crippen LogP contribution in [0.2, 0.25) is 0 Å². The molecule has 1 N–H and O–H groups in total. The molecular weight excluding hydrogens is 354 g/mol. The Morgan fingerprint density at radius 2 is 1.89 bits per heavy atom. The largest absolute Gasteiger partial charge is 0.324 e. The summed E-state index contributed by atoms with van der Waals surface area (Å²) >= 11 is 0. The van der Waals surface area contributed by atoms with Crippen molar-refractivity contribution in [1.82, 2.24) is 19.3 Å². The number of anilines is 1. The molecule has 0 fully saturated rings. The van der Waals surface area contributed by atoms with Gasteiger partial charge in [-0.2, -0.15) is 5.10 Å². The summed E-state index contributed by atoms with van der Waals surface area (Å²) in [6.45, 7) is 7.60. The van der Waals surface area contributed by atoms with Crippen LogP contribution in [0.5, 0.6) is 0 Å². The molecule has 28 heavy (non-hydrogen) atoms. The number of benzene rings is 1. The lowest BCUT2D eigenvalue weighted by atomic mass is 10.2. The second-order valence-electron chi connectivity index (χ2n) is 6.92. The van der Waals surface area contributed by atoms with Gasteiger partial charge < -0.3 is 5.32 Å². The highest BCUT2D eigenvalue weighted by molar-refractivity contribution is 5.91. The maximum atomic E-state index is 12.8. The molecule has 3 aromatic rings. The SMILES string of the molecule is CCCc1cc(=O)n(CC(=O)Nc2ccccc2C)c(-n2nc(C)cc2C)n1. The van der Waals surface area contributed by atoms with E-state index in [0.29, 0.717) is 18.1 Å². The number of hydrogen-bond donors (Lipinski definition) is 1. The van der Waals surface area contributed by atoms with Crippen LogP contribution in [-0.4, -0.2) is 25.2 Å². The van der Waals surface area contributed by atoms with Gasteiger partial charge in [0, 0.05) is 23.1 Å². The summed E-state index contributed by atoms with van der Waals surface area (Å²) in [6.07, 6.45) is 1.57. The van der Waals surface area contributed by atoms with Gasteiger partial charge >= 0.3 is 0 Å². The Morgan fingerprint density at radius 3 is 2.54 bits per heavy atom. The van der Waals surface area contributed by atoms with E-state index in [1.165, 1.54) is 10.6 Å². The van der Waals surface area contributed by atoms with Gasteiger partial charge in [-0.1, -0.05) is 31.5 Å². The molecule has 7 heteroatoms. The molecule has 1 amide bonds. The van der Waals surface area contributed by atoms with Gasteiger partial charge in [0.05, 0.1) is 5.69 Å². The normalized spacial score (nSPS) is 10.9. The van der Waals surface area contributed by atoms with Crippen molar-refractivity contribution < 1.29 is 4.79 Å². The first-order valence-electron chi connectivity index (χ1n) is 9.39. The van der Waals surface area contributed by atoms with Crippen molar-refractivity contribution in [3.05, 3.63) is 69.4 Å². The average Bonchev–Trinajstić information content (AvgIpc) is 2.97. The Kier molecular flexibility index (Phi) is 5.73. The number of aromatic nitrogens is 4. The van der Waals surface area contributed by atoms with E-state index >= 15 is 0 Å². The molecular formula is C21H25N5O2. The minimum absolute atomic E-state index is 0.139. The fourth-order valence-electron chi connectivity index (χ4n) is 3.11. The molecule has 146 valence electrons. The standard InChI is InChI=1S/C21H25N5O2/c1-5-8-17-12-20(28)25(21(22-17)26-16(4)11-15(3)24-26)13-19(27)23-18-10-7-6-9-14(18)2/h6-7,9-12H,5,8,13H2,1-4H3,(H,23,27). The Labute approximate surface area is 164 Å². The van der Waals surface area contributed by atoms with Crippen molar-refractivity contribution in [2.24, 2.45) is 0 Å². The number of rotatable bonds is 6. The Balaban J connectivity index is 1.99. The van der Waals surface area contributed by atoms with Gasteiger partial charge in [-0.05, 0) is 44.9 Å². The first-order chi connectivity index (χ1) is 13.4. The molecule has 3 rings (SSSR count). The molecule has 0 spiro atoms. The molecule has 0 atom stereocenters. The van der Waals surface area contributed by atoms with Crippen molar-refractivity contribution in [3.8, 4) is 5.95 Å². The van der Waals surface area contributed by atoms with Crippen LogP contribution >= 0.6 is 0 Å². The highest BCUT2D eigenvalue weighted by Crippen LogP contribution is 2.14. The zero-order valence-electron chi connectivity index (χ0n) is 16.7. The van der Waals surface area contributed by atoms with Crippen molar-refractivity contribution in [2.75, 3.05) is 5.32 Å². The molecule has 0 unspecified atom stereocenters. The van der Waals surface area contributed by atoms with Crippen molar-refractivity contribution in [3.63, 3.8) is 0 Å². The third kappa shape index (κ3) is 4.19. The minimum Gasteiger partial charge on any atom is -0.324 e. The van der Waals surface area contributed by atoms with E-state index in [1.807, 2.05) is 58.0 Å². The van der Waals surface area contributed by atoms with Crippen LogP contribution in [-0.2, 0) is 17.8 Å². The highest BCUT2D eigenvalue weighted by atomic mass is 16.2. The highest BCUT2D eigenvalue weighted by Gasteiger charge is 2.16. The predicted octanol–water partition coefficient (Wildman–Crippen LogP) is 2.95. The van der Waals surface area contributed by atoms with E-state index in [9.17, 15) is 9.59 Å². The van der Waals surface area contributed by atoms with E-state index in [1.54, 1.807) is 4.68 Å². The summed E-state index contributed by atoms with van der Waals surface area (Å²) in [5.41, 5.74) is 3.79. The van der Waals surface area contributed by atoms with Crippen LogP contribution in [0.1, 0.15) is 36.0 Å². The van der Waals surface area contributed by atoms with E-state index in [0.717, 1.165) is 29.1 Å². The maximum absolute atomic E-state index is 12.8. The first-order valence-corrected chi connectivity index (χ1v) is 9.39. The Morgan fingerprint density at radius 1 is 1.14 bits per heavy atom. The van der Waals surface area contributed by atoms with E-state index in [2.05, 4.69) is 15.4 Å². The number of aryl methyl sites for hydroxylation is 4. The van der Waals surface area contributed by atoms with E-state index in [-0.39, 0.29) is 18.0 Å². The minimum atomic E-state index is -0.288. The number of amides is 1. The first kappa shape index (κ1) is 19.5. The van der Waals surface area contributed by atoms with Gasteiger partial charge in [-0.3, -0.25) is 14.2 Å². The Hall–Kier alpha value is -3.22. The van der Waals surface area contributed by atoms with Crippen LogP contribution in [0.4, 0.5) is 5.69 Å². The summed E-state index contributed by atoms with van der Waals surface area (Å²) in [4.78, 5) is 30.1. The number of carbonyl (C=O) groups excluding carboxylic acids is 1. The number of para-hydroxylation sites is 1. The quantitative estimate of drug-likeness (QED) is 0.714. The number of hydrogen-bond acceptors (Lipinski definition) is 4. The van der Waals surface area contributed by atoms with E-state index < -0.39 is 0 Å². The van der Waals surface area contributed by atoms with Crippen LogP contribution in [0.3, 0.4) is 0 Å². The van der Waals surface area contributed by atoms with Gasteiger partial charge in [-0.15, -0.1) is 0 Å². The summed E-state index contributed by atoms with van der Waals surface area (Å²) in [5.74, 6) is 0.0747. The maximum Gasteiger partial charge on any atom is 0.255 e. The molecule has 0 aliphatic rings. The molecule has 7 nitrogen and oxygen atoms in total. The van der Waals surface area contributed by atoms with Crippen LogP contribution < -0.4 is 10.9 Å². The molecule has 0 saturated carbocycles. The monoisotopic (exact) mass is 379 g/mol. The molecule has 0 aliphatic carbocycles. The van der Waals surface area contributed by atoms with Crippen molar-refractivity contribution >= 4 is 11.6 Å². The lowest BCUT2D eigenvalue weighted by Crippen LogP contribution is -2.32. The molecule has 0 radical (unpaired) electrons. The van der Waals surface area contributed by atoms with Crippen LogP contribution in [0.15, 0.2) is 41.2 Å². The van der Waals surface area contributed by atoms with Gasteiger partial charge in [-0.25, -0.2) is 9.67 Å². The van der Waals surface area contributed by atoms with Gasteiger partial charge in [0.2, 0.25) is 11.9 Å². The van der Waals surface area contributed by atoms with E-state index in [4.69, 9.17) is 0 Å². The molecule has 0 aliphatic heterocycles. The number of carbonyl (C=O) groups is 1.